The quantitative estimate of drug-likeness (QED) is 0.160. The van der Waals surface area contributed by atoms with Gasteiger partial charge in [-0.3, -0.25) is 29.0 Å². The van der Waals surface area contributed by atoms with Crippen LogP contribution < -0.4 is 34.9 Å². The first kappa shape index (κ1) is 73.3. The van der Waals surface area contributed by atoms with Crippen LogP contribution in [0.25, 0.3) is 0 Å². The van der Waals surface area contributed by atoms with E-state index in [0.29, 0.717) is 77.4 Å². The van der Waals surface area contributed by atoms with Gasteiger partial charge in [0.05, 0.1) is 25.0 Å². The normalized spacial score (nSPS) is 22.9. The molecule has 3 aliphatic heterocycles. The smallest absolute Gasteiger partial charge is 0.793 e. The van der Waals surface area contributed by atoms with E-state index in [0.717, 1.165) is 58.3 Å². The van der Waals surface area contributed by atoms with Crippen molar-refractivity contribution in [3.8, 4) is 0 Å². The van der Waals surface area contributed by atoms with Crippen LogP contribution in [0.15, 0.2) is 0 Å². The van der Waals surface area contributed by atoms with Crippen molar-refractivity contribution in [2.75, 3.05) is 52.5 Å². The Morgan fingerprint density at radius 1 is 0.687 bits per heavy atom. The van der Waals surface area contributed by atoms with E-state index in [9.17, 15) is 41.9 Å². The van der Waals surface area contributed by atoms with Crippen LogP contribution in [-0.2, 0) is 63.2 Å². The maximum Gasteiger partial charge on any atom is 1.00 e. The summed E-state index contributed by atoms with van der Waals surface area (Å²) in [5.74, 6) is -1.03. The Kier molecular flexibility index (Phi) is 47.5. The van der Waals surface area contributed by atoms with Gasteiger partial charge in [-0.1, -0.05) is 54.9 Å². The molecule has 0 aromatic rings. The SMILES string of the molecule is C.C.C.CC(=O)OOC(C)=O.CCC1CCCC(N2CC(F)C2)C1.CCOC(=O)C1CCCC(=O)C1.CCOC(=O)C1CCCC(N2CC(F)C2)C1.FC1CNC1.N=S(=O)=O.[B-]OC(C)=O.[Na+]. The third-order valence-electron chi connectivity index (χ3n) is 10.6. The molecule has 5 unspecified atom stereocenters. The summed E-state index contributed by atoms with van der Waals surface area (Å²) in [6, 6.07) is 1.11. The van der Waals surface area contributed by atoms with Gasteiger partial charge in [-0.15, -0.1) is 0 Å². The molecule has 0 spiro atoms. The molecule has 6 fully saturated rings. The van der Waals surface area contributed by atoms with Crippen LogP contribution in [0.3, 0.4) is 0 Å². The van der Waals surface area contributed by atoms with E-state index >= 15 is 0 Å². The van der Waals surface area contributed by atoms with Gasteiger partial charge >= 0.3 is 63.9 Å². The van der Waals surface area contributed by atoms with Crippen molar-refractivity contribution in [1.82, 2.24) is 15.1 Å². The van der Waals surface area contributed by atoms with Gasteiger partial charge in [0.15, 0.2) is 0 Å². The number of carbonyl (C=O) groups is 6. The average molecular weight is 998 g/mol. The maximum absolute atomic E-state index is 12.8. The van der Waals surface area contributed by atoms with Gasteiger partial charge in [-0.2, -0.15) is 13.2 Å². The molecule has 3 saturated carbocycles. The Hall–Kier alpha value is -2.63. The molecule has 387 valence electrons. The molecule has 6 aliphatic rings. The molecule has 3 aliphatic carbocycles. The number of rotatable bonds is 7. The number of carbonyl (C=O) groups excluding carboxylic acids is 6. The van der Waals surface area contributed by atoms with Crippen LogP contribution in [0, 0.1) is 22.5 Å². The molecule has 0 bridgehead atoms. The number of hydrogen-bond donors (Lipinski definition) is 2. The fourth-order valence-electron chi connectivity index (χ4n) is 7.30. The van der Waals surface area contributed by atoms with Crippen LogP contribution in [0.2, 0.25) is 0 Å². The van der Waals surface area contributed by atoms with Gasteiger partial charge in [0, 0.05) is 85.0 Å². The van der Waals surface area contributed by atoms with E-state index < -0.39 is 46.9 Å². The summed E-state index contributed by atoms with van der Waals surface area (Å²) in [5, 5.41) is 2.79. The number of hydrogen-bond acceptors (Lipinski definition) is 17. The zero-order valence-electron chi connectivity index (χ0n) is 38.8. The van der Waals surface area contributed by atoms with Crippen molar-refractivity contribution in [2.24, 2.45) is 17.8 Å². The number of nitrogens with one attached hydrogen (secondary N) is 2. The summed E-state index contributed by atoms with van der Waals surface area (Å²) < 4.78 is 73.2. The van der Waals surface area contributed by atoms with Gasteiger partial charge in [0.1, 0.15) is 24.3 Å². The van der Waals surface area contributed by atoms with Crippen LogP contribution in [0.1, 0.15) is 147 Å². The van der Waals surface area contributed by atoms with Crippen molar-refractivity contribution in [2.45, 2.75) is 178 Å². The van der Waals surface area contributed by atoms with Gasteiger partial charge in [0.25, 0.3) is 0 Å². The van der Waals surface area contributed by atoms with Gasteiger partial charge < -0.3 is 27.5 Å². The third kappa shape index (κ3) is 37.0. The number of halogens is 3. The standard InChI is InChI=1S/C12H20FNO2.C11H20FN.C9H14O3.C4H6O4.C3H6FN.C2H3BO2.3CH4.HNO2S.Na/c1-2-16-12(15)9-4-3-5-11(6-9)14-7-10(13)8-14;1-2-9-4-3-5-11(6-9)13-7-10(12)8-13;1-2-12-9(11)7-4-3-5-8(10)6-7;1-3(5)7-8-4(2)6;4-3-1-5-2-3;1-2(4)5-3;;;;1-4(2)3;/h9-11H,2-8H2,1H3;9-11H,2-8H2,1H3;7H,2-6H2,1H3;1-2H3;3,5H,1-2H2;1H3;3*1H4;1H;/q;;;;;-1;;;;;+1. The summed E-state index contributed by atoms with van der Waals surface area (Å²) in [6.45, 7) is 13.9. The summed E-state index contributed by atoms with van der Waals surface area (Å²) in [7, 11) is 1.71. The molecule has 23 heteroatoms. The number of nitrogens with zero attached hydrogens (tertiary/aromatic N) is 2. The number of ketones is 1. The largest absolute Gasteiger partial charge is 1.00 e. The Balaban J connectivity index is -0.000000232. The number of esters is 2. The summed E-state index contributed by atoms with van der Waals surface area (Å²) in [5.41, 5.74) is 0. The Labute approximate surface area is 423 Å². The Morgan fingerprint density at radius 3 is 1.40 bits per heavy atom. The Morgan fingerprint density at radius 2 is 1.07 bits per heavy atom. The predicted octanol–water partition coefficient (Wildman–Crippen LogP) is 3.81. The minimum Gasteiger partial charge on any atom is -0.793 e. The fraction of sp³-hybridized carbons (Fsp3) is 0.864. The van der Waals surface area contributed by atoms with Gasteiger partial charge in [0.2, 0.25) is 5.97 Å². The van der Waals surface area contributed by atoms with Gasteiger partial charge in [-0.25, -0.2) is 32.5 Å². The average Bonchev–Trinajstić information content (AvgIpc) is 3.21. The molecule has 5 atom stereocenters. The molecule has 67 heavy (non-hydrogen) atoms. The van der Waals surface area contributed by atoms with Crippen molar-refractivity contribution < 1.29 is 104 Å². The van der Waals surface area contributed by atoms with Crippen LogP contribution in [-0.4, -0.2) is 145 Å². The molecule has 3 heterocycles. The maximum atomic E-state index is 12.8. The molecule has 0 amide bonds. The molecule has 17 nitrogen and oxygen atoms in total. The van der Waals surface area contributed by atoms with E-state index in [1.54, 1.807) is 6.92 Å². The van der Waals surface area contributed by atoms with E-state index in [1.165, 1.54) is 39.0 Å². The van der Waals surface area contributed by atoms with E-state index in [2.05, 4.69) is 44.5 Å². The predicted molar refractivity (Wildman–Crippen MR) is 246 cm³/mol. The first-order valence-electron chi connectivity index (χ1n) is 21.8. The minimum atomic E-state index is -2.61. The van der Waals surface area contributed by atoms with E-state index in [4.69, 9.17) is 22.7 Å². The third-order valence-corrected chi connectivity index (χ3v) is 10.6. The number of ether oxygens (including phenoxy) is 2. The van der Waals surface area contributed by atoms with Crippen molar-refractivity contribution in [3.05, 3.63) is 0 Å². The monoisotopic (exact) mass is 998 g/mol. The molecule has 2 N–H and O–H groups in total. The summed E-state index contributed by atoms with van der Waals surface area (Å²) in [4.78, 5) is 75.1. The molecule has 3 radical (unpaired) electrons. The molecule has 0 aromatic heterocycles. The van der Waals surface area contributed by atoms with Crippen LogP contribution in [0.4, 0.5) is 13.2 Å². The number of alkyl halides is 3. The zero-order valence-corrected chi connectivity index (χ0v) is 41.6. The number of Topliss-reactive ketones (excluding diaryl/α,β-unsaturated/α-hetero) is 1. The first-order chi connectivity index (χ1) is 29.8. The van der Waals surface area contributed by atoms with Crippen molar-refractivity contribution in [1.29, 1.82) is 4.78 Å². The van der Waals surface area contributed by atoms with Crippen LogP contribution >= 0.6 is 0 Å². The van der Waals surface area contributed by atoms with E-state index in [1.807, 2.05) is 6.92 Å². The van der Waals surface area contributed by atoms with Crippen molar-refractivity contribution >= 4 is 54.2 Å². The second-order valence-corrected chi connectivity index (χ2v) is 16.3. The van der Waals surface area contributed by atoms with E-state index in [-0.39, 0.29) is 81.4 Å². The molecule has 6 rings (SSSR count). The zero-order chi connectivity index (χ0) is 47.9. The molecular weight excluding hydrogens is 915 g/mol. The fourth-order valence-corrected chi connectivity index (χ4v) is 7.30. The van der Waals surface area contributed by atoms with Crippen molar-refractivity contribution in [3.63, 3.8) is 0 Å². The molecule has 3 saturated heterocycles. The number of likely N-dealkylation sites (tertiary alicyclic amines) is 2. The first-order valence-corrected chi connectivity index (χ1v) is 22.8. The summed E-state index contributed by atoms with van der Waals surface area (Å²) in [6.07, 6.45) is 11.6. The molecule has 0 aromatic carbocycles. The Bertz CT molecular complexity index is 1460. The minimum absolute atomic E-state index is 0. The second kappa shape index (κ2) is 43.4. The molecular formula is C44H82BF3N4NaO13S. The van der Waals surface area contributed by atoms with Gasteiger partial charge in [-0.05, 0) is 64.7 Å². The van der Waals surface area contributed by atoms with Crippen LogP contribution in [0.5, 0.6) is 0 Å². The second-order valence-electron chi connectivity index (χ2n) is 15.8. The summed E-state index contributed by atoms with van der Waals surface area (Å²) >= 11 is 0. The topological polar surface area (TPSA) is 225 Å².